The summed E-state index contributed by atoms with van der Waals surface area (Å²) in [4.78, 5) is 22.2. The number of rotatable bonds is 6. The number of alkyl halides is 8. The van der Waals surface area contributed by atoms with Gasteiger partial charge in [0.15, 0.2) is 0 Å². The Morgan fingerprint density at radius 1 is 0.750 bits per heavy atom. The lowest BCUT2D eigenvalue weighted by atomic mass is 10.2. The van der Waals surface area contributed by atoms with Crippen molar-refractivity contribution in [2.75, 3.05) is 10.6 Å². The maximum absolute atomic E-state index is 12.8. The average Bonchev–Trinajstić information content (AvgIpc) is 2.48. The quantitative estimate of drug-likeness (QED) is 0.761. The lowest BCUT2D eigenvalue weighted by molar-refractivity contribution is -0.164. The molecule has 4 nitrogen and oxygen atoms in total. The van der Waals surface area contributed by atoms with E-state index in [4.69, 9.17) is 0 Å². The highest BCUT2D eigenvalue weighted by molar-refractivity contribution is 6.03. The number of anilines is 2. The molecule has 1 rings (SSSR count). The van der Waals surface area contributed by atoms with Gasteiger partial charge >= 0.3 is 36.5 Å². The van der Waals surface area contributed by atoms with Gasteiger partial charge in [0.05, 0.1) is 11.4 Å². The Morgan fingerprint density at radius 2 is 1.04 bits per heavy atom. The van der Waals surface area contributed by atoms with Crippen molar-refractivity contribution >= 4 is 23.2 Å². The molecule has 0 heterocycles. The molecule has 0 atom stereocenters. The minimum Gasteiger partial charge on any atom is -0.319 e. The molecule has 2 amide bonds. The molecule has 0 radical (unpaired) electrons. The molecule has 0 saturated carbocycles. The predicted molar refractivity (Wildman–Crippen MR) is 65.6 cm³/mol. The maximum atomic E-state index is 12.8. The van der Waals surface area contributed by atoms with Crippen LogP contribution in [0.1, 0.15) is 0 Å². The first kappa shape index (κ1) is 19.6. The zero-order chi connectivity index (χ0) is 18.7. The van der Waals surface area contributed by atoms with E-state index in [1.807, 2.05) is 0 Å². The number of nitrogens with one attached hydrogen (secondary N) is 2. The normalized spacial score (nSPS) is 12.4. The summed E-state index contributed by atoms with van der Waals surface area (Å²) in [6.45, 7) is 0. The van der Waals surface area contributed by atoms with Gasteiger partial charge in [0.25, 0.3) is 0 Å². The fraction of sp³-hybridized carbons (Fsp3) is 0.333. The molecular weight excluding hydrogens is 356 g/mol. The molecule has 0 fully saturated rings. The monoisotopic (exact) mass is 364 g/mol. The van der Waals surface area contributed by atoms with Crippen molar-refractivity contribution in [3.8, 4) is 0 Å². The van der Waals surface area contributed by atoms with Crippen LogP contribution in [-0.2, 0) is 9.59 Å². The standard InChI is InChI=1S/C12H8F8N2O2/c13-7(14)11(17,18)9(23)21-5-3-1-2-4-6(5)22-10(24)12(19,20)8(15)16/h1-4,7-8H,(H,21,23)(H,22,24). The molecule has 0 aliphatic carbocycles. The van der Waals surface area contributed by atoms with Crippen LogP contribution in [0.5, 0.6) is 0 Å². The van der Waals surface area contributed by atoms with Gasteiger partial charge in [-0.2, -0.15) is 17.6 Å². The molecule has 24 heavy (non-hydrogen) atoms. The van der Waals surface area contributed by atoms with Crippen LogP contribution in [0.25, 0.3) is 0 Å². The van der Waals surface area contributed by atoms with Gasteiger partial charge in [0.1, 0.15) is 0 Å². The second-order valence-corrected chi connectivity index (χ2v) is 4.30. The Balaban J connectivity index is 3.02. The number of carbonyl (C=O) groups excluding carboxylic acids is 2. The molecular formula is C12H8F8N2O2. The zero-order valence-corrected chi connectivity index (χ0v) is 11.3. The van der Waals surface area contributed by atoms with E-state index in [1.54, 1.807) is 0 Å². The van der Waals surface area contributed by atoms with Gasteiger partial charge in [-0.15, -0.1) is 0 Å². The van der Waals surface area contributed by atoms with E-state index in [0.717, 1.165) is 24.3 Å². The summed E-state index contributed by atoms with van der Waals surface area (Å²) in [7, 11) is 0. The van der Waals surface area contributed by atoms with Crippen LogP contribution in [0.3, 0.4) is 0 Å². The van der Waals surface area contributed by atoms with E-state index >= 15 is 0 Å². The summed E-state index contributed by atoms with van der Waals surface area (Å²) in [5.41, 5.74) is -1.53. The van der Waals surface area contributed by atoms with Crippen LogP contribution in [0.15, 0.2) is 24.3 Å². The maximum Gasteiger partial charge on any atom is 0.383 e. The SMILES string of the molecule is O=C(Nc1ccccc1NC(=O)C(F)(F)C(F)F)C(F)(F)C(F)F. The first-order valence-corrected chi connectivity index (χ1v) is 5.94. The molecule has 0 bridgehead atoms. The number of para-hydroxylation sites is 2. The van der Waals surface area contributed by atoms with Crippen molar-refractivity contribution < 1.29 is 44.7 Å². The Bertz CT molecular complexity index is 568. The molecule has 0 spiro atoms. The van der Waals surface area contributed by atoms with Crippen molar-refractivity contribution in [1.29, 1.82) is 0 Å². The third-order valence-corrected chi connectivity index (χ3v) is 2.58. The molecule has 0 saturated heterocycles. The third-order valence-electron chi connectivity index (χ3n) is 2.58. The number of carbonyl (C=O) groups is 2. The van der Waals surface area contributed by atoms with E-state index in [9.17, 15) is 44.7 Å². The number of amides is 2. The van der Waals surface area contributed by atoms with Crippen molar-refractivity contribution in [1.82, 2.24) is 0 Å². The smallest absolute Gasteiger partial charge is 0.319 e. The highest BCUT2D eigenvalue weighted by atomic mass is 19.3. The Hall–Kier alpha value is -2.40. The molecule has 0 aliphatic rings. The van der Waals surface area contributed by atoms with E-state index in [0.29, 0.717) is 0 Å². The second-order valence-electron chi connectivity index (χ2n) is 4.30. The van der Waals surface area contributed by atoms with E-state index < -0.39 is 47.9 Å². The van der Waals surface area contributed by atoms with Gasteiger partial charge < -0.3 is 10.6 Å². The van der Waals surface area contributed by atoms with Crippen LogP contribution in [0.4, 0.5) is 46.5 Å². The van der Waals surface area contributed by atoms with Gasteiger partial charge in [-0.3, -0.25) is 9.59 Å². The Labute approximate surface area is 128 Å². The fourth-order valence-electron chi connectivity index (χ4n) is 1.31. The highest BCUT2D eigenvalue weighted by Crippen LogP contribution is 2.30. The van der Waals surface area contributed by atoms with Gasteiger partial charge in [-0.1, -0.05) is 12.1 Å². The zero-order valence-electron chi connectivity index (χ0n) is 11.3. The summed E-state index contributed by atoms with van der Waals surface area (Å²) >= 11 is 0. The summed E-state index contributed by atoms with van der Waals surface area (Å²) in [6, 6.07) is 3.76. The molecule has 2 N–H and O–H groups in total. The first-order chi connectivity index (χ1) is 10.9. The van der Waals surface area contributed by atoms with Crippen LogP contribution in [0, 0.1) is 0 Å². The molecule has 12 heteroatoms. The third kappa shape index (κ3) is 4.11. The molecule has 0 aromatic heterocycles. The average molecular weight is 364 g/mol. The molecule has 134 valence electrons. The first-order valence-electron chi connectivity index (χ1n) is 5.94. The van der Waals surface area contributed by atoms with Gasteiger partial charge in [0.2, 0.25) is 0 Å². The number of benzene rings is 1. The summed E-state index contributed by atoms with van der Waals surface area (Å²) in [5.74, 6) is -15.1. The van der Waals surface area contributed by atoms with E-state index in [-0.39, 0.29) is 0 Å². The van der Waals surface area contributed by atoms with Crippen molar-refractivity contribution in [3.05, 3.63) is 24.3 Å². The van der Waals surface area contributed by atoms with E-state index in [1.165, 1.54) is 10.6 Å². The van der Waals surface area contributed by atoms with E-state index in [2.05, 4.69) is 0 Å². The van der Waals surface area contributed by atoms with Gasteiger partial charge in [0, 0.05) is 0 Å². The largest absolute Gasteiger partial charge is 0.383 e. The lowest BCUT2D eigenvalue weighted by Gasteiger charge is -2.19. The molecule has 1 aromatic rings. The van der Waals surface area contributed by atoms with Crippen LogP contribution < -0.4 is 10.6 Å². The summed E-state index contributed by atoms with van der Waals surface area (Å²) < 4.78 is 99.6. The topological polar surface area (TPSA) is 58.2 Å². The molecule has 0 unspecified atom stereocenters. The minimum atomic E-state index is -5.09. The lowest BCUT2D eigenvalue weighted by Crippen LogP contribution is -2.42. The summed E-state index contributed by atoms with van der Waals surface area (Å²) in [6.07, 6.45) is -8.69. The van der Waals surface area contributed by atoms with Crippen LogP contribution >= 0.6 is 0 Å². The fourth-order valence-corrected chi connectivity index (χ4v) is 1.31. The van der Waals surface area contributed by atoms with Crippen molar-refractivity contribution in [3.63, 3.8) is 0 Å². The van der Waals surface area contributed by atoms with Gasteiger partial charge in [-0.25, -0.2) is 17.6 Å². The van der Waals surface area contributed by atoms with Gasteiger partial charge in [-0.05, 0) is 12.1 Å². The number of halogens is 8. The summed E-state index contributed by atoms with van der Waals surface area (Å²) in [5, 5.41) is 2.60. The second kappa shape index (κ2) is 7.01. The predicted octanol–water partition coefficient (Wildman–Crippen LogP) is 3.36. The Kier molecular flexibility index (Phi) is 5.74. The highest BCUT2D eigenvalue weighted by Gasteiger charge is 2.50. The van der Waals surface area contributed by atoms with Crippen molar-refractivity contribution in [2.24, 2.45) is 0 Å². The Morgan fingerprint density at radius 3 is 1.29 bits per heavy atom. The van der Waals surface area contributed by atoms with Crippen LogP contribution in [0.2, 0.25) is 0 Å². The molecule has 1 aromatic carbocycles. The number of hydrogen-bond donors (Lipinski definition) is 2. The van der Waals surface area contributed by atoms with Crippen molar-refractivity contribution in [2.45, 2.75) is 24.7 Å². The van der Waals surface area contributed by atoms with Crippen LogP contribution in [-0.4, -0.2) is 36.5 Å². The minimum absolute atomic E-state index is 0.763. The molecule has 0 aliphatic heterocycles. The number of hydrogen-bond acceptors (Lipinski definition) is 2.